The summed E-state index contributed by atoms with van der Waals surface area (Å²) in [5.74, 6) is -0.148. The van der Waals surface area contributed by atoms with Gasteiger partial charge in [0.25, 0.3) is 0 Å². The molecule has 0 bridgehead atoms. The number of likely N-dealkylation sites (N-methyl/N-ethyl adjacent to an activating group) is 1. The molecule has 0 fully saturated rings. The topological polar surface area (TPSA) is 118 Å². The van der Waals surface area contributed by atoms with Gasteiger partial charge in [0.05, 0.1) is 6.54 Å². The predicted molar refractivity (Wildman–Crippen MR) is 56.8 cm³/mol. The van der Waals surface area contributed by atoms with Crippen LogP contribution < -0.4 is 5.32 Å². The third kappa shape index (κ3) is 29.2. The third-order valence-corrected chi connectivity index (χ3v) is 1.31. The Morgan fingerprint density at radius 1 is 1.22 bits per heavy atom. The minimum atomic E-state index is -0.101. The molecule has 102 valence electrons. The van der Waals surface area contributed by atoms with Crippen LogP contribution in [-0.2, 0) is 28.8 Å². The molecule has 0 aromatic carbocycles. The van der Waals surface area contributed by atoms with Gasteiger partial charge < -0.3 is 15.0 Å². The van der Waals surface area contributed by atoms with Crippen LogP contribution in [0, 0.1) is 5.92 Å². The molecule has 0 aliphatic heterocycles. The number of carbonyl (C=O) groups is 2. The molecule has 8 heteroatoms. The highest BCUT2D eigenvalue weighted by atomic mass is 16.2. The van der Waals surface area contributed by atoms with Gasteiger partial charge in [-0.25, -0.2) is 0 Å². The maximum absolute atomic E-state index is 11.0. The fraction of sp³-hybridized carbons (Fsp3) is 0.600. The van der Waals surface area contributed by atoms with Crippen LogP contribution in [0.25, 0.3) is 0 Å². The summed E-state index contributed by atoms with van der Waals surface area (Å²) in [4.78, 5) is 55.5. The zero-order chi connectivity index (χ0) is 15.0. The van der Waals surface area contributed by atoms with Crippen molar-refractivity contribution in [3.05, 3.63) is 0 Å². The van der Waals surface area contributed by atoms with Crippen molar-refractivity contribution in [3.8, 4) is 0 Å². The summed E-state index contributed by atoms with van der Waals surface area (Å²) in [5.41, 5.74) is 0. The van der Waals surface area contributed by atoms with E-state index in [1.54, 1.807) is 11.8 Å². The SMILES string of the molecule is CC(C=O)CNC(=O)CN(C)C.O=C=O.O=C=O. The first kappa shape index (κ1) is 21.2. The largest absolute Gasteiger partial charge is 0.373 e. The molecule has 0 heterocycles. The van der Waals surface area contributed by atoms with Gasteiger partial charge >= 0.3 is 12.3 Å². The number of amides is 1. The third-order valence-electron chi connectivity index (χ3n) is 1.31. The van der Waals surface area contributed by atoms with E-state index in [4.69, 9.17) is 19.2 Å². The minimum absolute atomic E-state index is 0.0475. The molecule has 0 aromatic heterocycles. The van der Waals surface area contributed by atoms with Gasteiger partial charge in [0, 0.05) is 12.5 Å². The Bertz CT molecular complexity index is 279. The highest BCUT2D eigenvalue weighted by molar-refractivity contribution is 5.78. The standard InChI is InChI=1S/C8H16N2O2.2CO2/c1-7(6-11)4-9-8(12)5-10(2)3;2*2-1-3/h6-7H,4-5H2,1-3H3,(H,9,12);;. The van der Waals surface area contributed by atoms with Crippen LogP contribution in [0.2, 0.25) is 0 Å². The van der Waals surface area contributed by atoms with E-state index in [1.165, 1.54) is 0 Å². The molecule has 0 radical (unpaired) electrons. The van der Waals surface area contributed by atoms with Crippen molar-refractivity contribution in [2.75, 3.05) is 27.2 Å². The molecule has 1 N–H and O–H groups in total. The maximum Gasteiger partial charge on any atom is 0.373 e. The van der Waals surface area contributed by atoms with Crippen LogP contribution in [0.5, 0.6) is 0 Å². The summed E-state index contributed by atoms with van der Waals surface area (Å²) in [6.45, 7) is 2.56. The van der Waals surface area contributed by atoms with Gasteiger partial charge in [0.15, 0.2) is 0 Å². The highest BCUT2D eigenvalue weighted by Gasteiger charge is 2.04. The van der Waals surface area contributed by atoms with Crippen LogP contribution in [0.1, 0.15) is 6.92 Å². The van der Waals surface area contributed by atoms with Crippen LogP contribution in [0.4, 0.5) is 0 Å². The van der Waals surface area contributed by atoms with Crippen molar-refractivity contribution >= 4 is 24.5 Å². The molecular weight excluding hydrogens is 244 g/mol. The van der Waals surface area contributed by atoms with E-state index >= 15 is 0 Å². The van der Waals surface area contributed by atoms with E-state index in [0.29, 0.717) is 13.1 Å². The normalized spacial score (nSPS) is 9.33. The molecule has 0 aliphatic rings. The summed E-state index contributed by atoms with van der Waals surface area (Å²) in [7, 11) is 3.64. The van der Waals surface area contributed by atoms with Crippen molar-refractivity contribution in [1.29, 1.82) is 0 Å². The summed E-state index contributed by atoms with van der Waals surface area (Å²) in [6, 6.07) is 0. The number of nitrogens with zero attached hydrogens (tertiary/aromatic N) is 1. The van der Waals surface area contributed by atoms with Gasteiger partial charge in [-0.15, -0.1) is 0 Å². The lowest BCUT2D eigenvalue weighted by Crippen LogP contribution is -2.35. The molecule has 0 spiro atoms. The maximum atomic E-state index is 11.0. The summed E-state index contributed by atoms with van der Waals surface area (Å²) in [6.07, 6.45) is 1.33. The minimum Gasteiger partial charge on any atom is -0.354 e. The van der Waals surface area contributed by atoms with Gasteiger partial charge in [-0.05, 0) is 14.1 Å². The molecule has 1 unspecified atom stereocenters. The van der Waals surface area contributed by atoms with E-state index in [1.807, 2.05) is 14.1 Å². The van der Waals surface area contributed by atoms with Gasteiger partial charge in [-0.2, -0.15) is 19.2 Å². The number of hydrogen-bond acceptors (Lipinski definition) is 7. The molecule has 18 heavy (non-hydrogen) atoms. The lowest BCUT2D eigenvalue weighted by atomic mass is 10.2. The van der Waals surface area contributed by atoms with E-state index in [-0.39, 0.29) is 24.1 Å². The number of nitrogens with one attached hydrogen (secondary N) is 1. The average Bonchev–Trinajstić information content (AvgIpc) is 2.27. The van der Waals surface area contributed by atoms with Crippen molar-refractivity contribution in [3.63, 3.8) is 0 Å². The molecule has 0 saturated heterocycles. The second kappa shape index (κ2) is 17.3. The lowest BCUT2D eigenvalue weighted by molar-refractivity contribution is -0.193. The Kier molecular flexibility index (Phi) is 20.3. The summed E-state index contributed by atoms with van der Waals surface area (Å²) in [5, 5.41) is 2.65. The number of carbonyl (C=O) groups excluding carboxylic acids is 6. The van der Waals surface area contributed by atoms with Crippen LogP contribution in [0.15, 0.2) is 0 Å². The van der Waals surface area contributed by atoms with Crippen molar-refractivity contribution in [1.82, 2.24) is 10.2 Å². The number of hydrogen-bond donors (Lipinski definition) is 1. The van der Waals surface area contributed by atoms with Crippen molar-refractivity contribution in [2.45, 2.75) is 6.92 Å². The Hall–Kier alpha value is -2.14. The molecule has 0 saturated carbocycles. The molecule has 0 aliphatic carbocycles. The Morgan fingerprint density at radius 3 is 1.89 bits per heavy atom. The van der Waals surface area contributed by atoms with E-state index in [0.717, 1.165) is 6.29 Å². The molecule has 1 amide bonds. The smallest absolute Gasteiger partial charge is 0.354 e. The first-order chi connectivity index (χ1) is 8.39. The monoisotopic (exact) mass is 260 g/mol. The fourth-order valence-corrected chi connectivity index (χ4v) is 0.666. The average molecular weight is 260 g/mol. The quantitative estimate of drug-likeness (QED) is 0.587. The second-order valence-electron chi connectivity index (χ2n) is 3.32. The van der Waals surface area contributed by atoms with Gasteiger partial charge in [-0.3, -0.25) is 4.79 Å². The molecule has 0 rings (SSSR count). The zero-order valence-corrected chi connectivity index (χ0v) is 10.5. The Morgan fingerprint density at radius 2 is 1.61 bits per heavy atom. The summed E-state index contributed by atoms with van der Waals surface area (Å²) >= 11 is 0. The molecular formula is C10H16N2O6. The molecule has 0 aromatic rings. The predicted octanol–water partition coefficient (Wildman–Crippen LogP) is -1.67. The molecule has 1 atom stereocenters. The zero-order valence-electron chi connectivity index (χ0n) is 10.5. The highest BCUT2D eigenvalue weighted by Crippen LogP contribution is 1.84. The first-order valence-electron chi connectivity index (χ1n) is 4.74. The van der Waals surface area contributed by atoms with Crippen LogP contribution in [-0.4, -0.2) is 56.6 Å². The second-order valence-corrected chi connectivity index (χ2v) is 3.32. The van der Waals surface area contributed by atoms with Crippen molar-refractivity contribution < 1.29 is 28.8 Å². The van der Waals surface area contributed by atoms with E-state index in [2.05, 4.69) is 5.32 Å². The Labute approximate surface area is 104 Å². The van der Waals surface area contributed by atoms with Crippen molar-refractivity contribution in [2.24, 2.45) is 5.92 Å². The van der Waals surface area contributed by atoms with Gasteiger partial charge in [0.1, 0.15) is 6.29 Å². The van der Waals surface area contributed by atoms with Crippen LogP contribution >= 0.6 is 0 Å². The van der Waals surface area contributed by atoms with Gasteiger partial charge in [-0.1, -0.05) is 6.92 Å². The fourth-order valence-electron chi connectivity index (χ4n) is 0.666. The Balaban J connectivity index is -0.000000315. The van der Waals surface area contributed by atoms with Gasteiger partial charge in [0.2, 0.25) is 5.91 Å². The number of rotatable bonds is 5. The number of aldehydes is 1. The van der Waals surface area contributed by atoms with E-state index in [9.17, 15) is 9.59 Å². The lowest BCUT2D eigenvalue weighted by Gasteiger charge is -2.10. The van der Waals surface area contributed by atoms with Crippen LogP contribution in [0.3, 0.4) is 0 Å². The van der Waals surface area contributed by atoms with E-state index < -0.39 is 0 Å². The first-order valence-corrected chi connectivity index (χ1v) is 4.74. The molecule has 8 nitrogen and oxygen atoms in total. The summed E-state index contributed by atoms with van der Waals surface area (Å²) < 4.78 is 0.